The molecule has 0 aliphatic heterocycles. The summed E-state index contributed by atoms with van der Waals surface area (Å²) >= 11 is 11.9. The van der Waals surface area contributed by atoms with Gasteiger partial charge in [-0.2, -0.15) is 4.98 Å². The van der Waals surface area contributed by atoms with Crippen molar-refractivity contribution in [1.29, 1.82) is 0 Å². The number of hydrogen-bond donors (Lipinski definition) is 0. The zero-order chi connectivity index (χ0) is 18.5. The maximum absolute atomic E-state index is 12.8. The summed E-state index contributed by atoms with van der Waals surface area (Å²) in [6, 6.07) is 14.2. The van der Waals surface area contributed by atoms with Crippen molar-refractivity contribution in [2.75, 3.05) is 6.54 Å². The summed E-state index contributed by atoms with van der Waals surface area (Å²) in [4.78, 5) is 18.7. The average molecular weight is 388 g/mol. The highest BCUT2D eigenvalue weighted by Gasteiger charge is 2.19. The molecular formula is C19H15Cl2N3O2. The number of halogens is 2. The number of carbonyl (C=O) groups is 1. The molecule has 0 aliphatic rings. The van der Waals surface area contributed by atoms with Gasteiger partial charge in [0.25, 0.3) is 5.91 Å². The highest BCUT2D eigenvalue weighted by atomic mass is 35.5. The quantitative estimate of drug-likeness (QED) is 0.566. The van der Waals surface area contributed by atoms with Crippen molar-refractivity contribution < 1.29 is 9.32 Å². The zero-order valence-corrected chi connectivity index (χ0v) is 15.2. The molecule has 132 valence electrons. The monoisotopic (exact) mass is 387 g/mol. The summed E-state index contributed by atoms with van der Waals surface area (Å²) in [6.45, 7) is 4.17. The van der Waals surface area contributed by atoms with Crippen LogP contribution in [0.3, 0.4) is 0 Å². The smallest absolute Gasteiger partial charge is 0.254 e. The number of hydrogen-bond acceptors (Lipinski definition) is 4. The van der Waals surface area contributed by atoms with Crippen molar-refractivity contribution in [3.05, 3.63) is 82.7 Å². The van der Waals surface area contributed by atoms with Gasteiger partial charge in [-0.3, -0.25) is 4.79 Å². The first-order valence-electron chi connectivity index (χ1n) is 7.81. The Hall–Kier alpha value is -2.63. The topological polar surface area (TPSA) is 59.2 Å². The molecular weight excluding hydrogens is 373 g/mol. The van der Waals surface area contributed by atoms with Gasteiger partial charge in [0.1, 0.15) is 6.54 Å². The minimum atomic E-state index is -0.233. The summed E-state index contributed by atoms with van der Waals surface area (Å²) in [5.74, 6) is 0.572. The van der Waals surface area contributed by atoms with Gasteiger partial charge in [-0.25, -0.2) is 0 Å². The van der Waals surface area contributed by atoms with E-state index in [4.69, 9.17) is 27.7 Å². The molecule has 1 heterocycles. The number of amides is 1. The fourth-order valence-corrected chi connectivity index (χ4v) is 2.67. The summed E-state index contributed by atoms with van der Waals surface area (Å²) in [5, 5.41) is 4.68. The van der Waals surface area contributed by atoms with E-state index in [1.807, 2.05) is 30.3 Å². The molecule has 0 fully saturated rings. The molecule has 5 nitrogen and oxygen atoms in total. The van der Waals surface area contributed by atoms with Crippen LogP contribution in [-0.4, -0.2) is 27.5 Å². The molecule has 0 N–H and O–H groups in total. The number of carbonyl (C=O) groups excluding carboxylic acids is 1. The first-order valence-corrected chi connectivity index (χ1v) is 8.57. The van der Waals surface area contributed by atoms with E-state index in [9.17, 15) is 4.79 Å². The second-order valence-corrected chi connectivity index (χ2v) is 6.30. The largest absolute Gasteiger partial charge is 0.337 e. The predicted molar refractivity (Wildman–Crippen MR) is 101 cm³/mol. The molecule has 0 aliphatic carbocycles. The van der Waals surface area contributed by atoms with E-state index >= 15 is 0 Å². The normalized spacial score (nSPS) is 10.5. The molecule has 0 spiro atoms. The molecule has 0 saturated heterocycles. The second kappa shape index (κ2) is 8.17. The van der Waals surface area contributed by atoms with Crippen LogP contribution >= 0.6 is 23.2 Å². The Labute approximate surface area is 160 Å². The van der Waals surface area contributed by atoms with Gasteiger partial charge >= 0.3 is 0 Å². The average Bonchev–Trinajstić information content (AvgIpc) is 3.12. The van der Waals surface area contributed by atoms with Crippen LogP contribution in [-0.2, 0) is 6.54 Å². The van der Waals surface area contributed by atoms with Crippen LogP contribution in [0.1, 0.15) is 16.2 Å². The third kappa shape index (κ3) is 4.12. The highest BCUT2D eigenvalue weighted by molar-refractivity contribution is 6.42. The second-order valence-electron chi connectivity index (χ2n) is 5.48. The third-order valence-electron chi connectivity index (χ3n) is 3.63. The molecule has 0 saturated carbocycles. The van der Waals surface area contributed by atoms with Gasteiger partial charge in [0.15, 0.2) is 0 Å². The molecule has 0 unspecified atom stereocenters. The van der Waals surface area contributed by atoms with Crippen molar-refractivity contribution in [3.63, 3.8) is 0 Å². The van der Waals surface area contributed by atoms with Crippen molar-refractivity contribution in [3.8, 4) is 11.4 Å². The van der Waals surface area contributed by atoms with Crippen molar-refractivity contribution in [2.24, 2.45) is 0 Å². The van der Waals surface area contributed by atoms with Gasteiger partial charge in [-0.05, 0) is 18.2 Å². The molecule has 7 heteroatoms. The van der Waals surface area contributed by atoms with Gasteiger partial charge in [-0.15, -0.1) is 6.58 Å². The summed E-state index contributed by atoms with van der Waals surface area (Å²) < 4.78 is 5.29. The Morgan fingerprint density at radius 2 is 1.92 bits per heavy atom. The van der Waals surface area contributed by atoms with Crippen LogP contribution in [0.2, 0.25) is 10.0 Å². The van der Waals surface area contributed by atoms with E-state index < -0.39 is 0 Å². The lowest BCUT2D eigenvalue weighted by Gasteiger charge is -2.19. The molecule has 0 atom stereocenters. The molecule has 0 bridgehead atoms. The fraction of sp³-hybridized carbons (Fsp3) is 0.105. The number of aromatic nitrogens is 2. The lowest BCUT2D eigenvalue weighted by molar-refractivity contribution is 0.0745. The van der Waals surface area contributed by atoms with Crippen LogP contribution in [0.25, 0.3) is 11.4 Å². The molecule has 2 aromatic carbocycles. The molecule has 3 aromatic rings. The van der Waals surface area contributed by atoms with E-state index in [1.54, 1.807) is 18.2 Å². The van der Waals surface area contributed by atoms with Crippen LogP contribution in [0, 0.1) is 0 Å². The summed E-state index contributed by atoms with van der Waals surface area (Å²) in [6.07, 6.45) is 1.63. The molecule has 26 heavy (non-hydrogen) atoms. The lowest BCUT2D eigenvalue weighted by Crippen LogP contribution is -2.30. The van der Waals surface area contributed by atoms with E-state index in [0.29, 0.717) is 33.9 Å². The zero-order valence-electron chi connectivity index (χ0n) is 13.7. The SMILES string of the molecule is C=CCN(Cc1nc(-c2ccccc2)no1)C(=O)c1ccc(Cl)c(Cl)c1. The van der Waals surface area contributed by atoms with Crippen molar-refractivity contribution in [1.82, 2.24) is 15.0 Å². The Kier molecular flexibility index (Phi) is 5.71. The van der Waals surface area contributed by atoms with Gasteiger partial charge in [0.05, 0.1) is 10.0 Å². The number of rotatable bonds is 6. The maximum Gasteiger partial charge on any atom is 0.254 e. The number of benzene rings is 2. The van der Waals surface area contributed by atoms with E-state index in [-0.39, 0.29) is 12.5 Å². The highest BCUT2D eigenvalue weighted by Crippen LogP contribution is 2.24. The van der Waals surface area contributed by atoms with Crippen LogP contribution in [0.15, 0.2) is 65.7 Å². The number of nitrogens with zero attached hydrogens (tertiary/aromatic N) is 3. The maximum atomic E-state index is 12.8. The van der Waals surface area contributed by atoms with Crippen molar-refractivity contribution in [2.45, 2.75) is 6.54 Å². The Balaban J connectivity index is 1.80. The Morgan fingerprint density at radius 3 is 2.62 bits per heavy atom. The van der Waals surface area contributed by atoms with Crippen LogP contribution < -0.4 is 0 Å². The van der Waals surface area contributed by atoms with Gasteiger partial charge in [0.2, 0.25) is 11.7 Å². The minimum Gasteiger partial charge on any atom is -0.337 e. The molecule has 3 rings (SSSR count). The first-order chi connectivity index (χ1) is 12.6. The van der Waals surface area contributed by atoms with E-state index in [0.717, 1.165) is 5.56 Å². The van der Waals surface area contributed by atoms with Gasteiger partial charge in [0, 0.05) is 17.7 Å². The fourth-order valence-electron chi connectivity index (χ4n) is 2.37. The predicted octanol–water partition coefficient (Wildman–Crippen LogP) is 4.87. The van der Waals surface area contributed by atoms with E-state index in [2.05, 4.69) is 16.7 Å². The Bertz CT molecular complexity index is 926. The van der Waals surface area contributed by atoms with E-state index in [1.165, 1.54) is 11.0 Å². The first kappa shape index (κ1) is 18.2. The third-order valence-corrected chi connectivity index (χ3v) is 4.37. The standard InChI is InChI=1S/C19H15Cl2N3O2/c1-2-10-24(19(25)14-8-9-15(20)16(21)11-14)12-17-22-18(23-26-17)13-6-4-3-5-7-13/h2-9,11H,1,10,12H2. The molecule has 1 aromatic heterocycles. The summed E-state index contributed by atoms with van der Waals surface area (Å²) in [7, 11) is 0. The molecule has 1 amide bonds. The van der Waals surface area contributed by atoms with Crippen LogP contribution in [0.5, 0.6) is 0 Å². The van der Waals surface area contributed by atoms with Gasteiger partial charge in [-0.1, -0.05) is 64.8 Å². The summed E-state index contributed by atoms with van der Waals surface area (Å²) in [5.41, 5.74) is 1.26. The lowest BCUT2D eigenvalue weighted by atomic mass is 10.2. The minimum absolute atomic E-state index is 0.158. The van der Waals surface area contributed by atoms with Gasteiger partial charge < -0.3 is 9.42 Å². The van der Waals surface area contributed by atoms with Crippen LogP contribution in [0.4, 0.5) is 0 Å². The van der Waals surface area contributed by atoms with Crippen molar-refractivity contribution >= 4 is 29.1 Å². The Morgan fingerprint density at radius 1 is 1.15 bits per heavy atom. The molecule has 0 radical (unpaired) electrons.